The van der Waals surface area contributed by atoms with Crippen molar-refractivity contribution in [3.8, 4) is 5.75 Å². The molecule has 0 heterocycles. The molecule has 0 aromatic heterocycles. The molecule has 0 fully saturated rings. The second kappa shape index (κ2) is 2.47. The maximum absolute atomic E-state index is 9.14. The van der Waals surface area contributed by atoms with Gasteiger partial charge < -0.3 is 10.8 Å². The van der Waals surface area contributed by atoms with Gasteiger partial charge in [-0.25, -0.2) is 0 Å². The van der Waals surface area contributed by atoms with Gasteiger partial charge in [-0.1, -0.05) is 0 Å². The third-order valence-electron chi connectivity index (χ3n) is 1.40. The Balaban J connectivity index is 3.28. The molecular formula is C7H10NOP. The summed E-state index contributed by atoms with van der Waals surface area (Å²) < 4.78 is 0. The average Bonchev–Trinajstić information content (AvgIpc) is 1.84. The highest BCUT2D eigenvalue weighted by Crippen LogP contribution is 2.18. The van der Waals surface area contributed by atoms with Crippen LogP contribution in [0.1, 0.15) is 5.56 Å². The Morgan fingerprint density at radius 2 is 2.10 bits per heavy atom. The van der Waals surface area contributed by atoms with Crippen LogP contribution in [-0.4, -0.2) is 5.11 Å². The van der Waals surface area contributed by atoms with Crippen LogP contribution in [0.3, 0.4) is 0 Å². The number of phenolic OH excluding ortho intramolecular Hbond substituents is 1. The number of aryl methyl sites for hydroxylation is 1. The third-order valence-corrected chi connectivity index (χ3v) is 1.90. The fraction of sp³-hybridized carbons (Fsp3) is 0.143. The lowest BCUT2D eigenvalue weighted by Gasteiger charge is -2.02. The molecular weight excluding hydrogens is 145 g/mol. The van der Waals surface area contributed by atoms with Gasteiger partial charge in [-0.2, -0.15) is 0 Å². The number of aromatic hydroxyl groups is 1. The van der Waals surface area contributed by atoms with Crippen LogP contribution < -0.4 is 11.0 Å². The van der Waals surface area contributed by atoms with Crippen molar-refractivity contribution in [3.63, 3.8) is 0 Å². The van der Waals surface area contributed by atoms with Crippen LogP contribution >= 0.6 is 9.24 Å². The number of hydrogen-bond donors (Lipinski definition) is 2. The van der Waals surface area contributed by atoms with E-state index in [-0.39, 0.29) is 5.75 Å². The quantitative estimate of drug-likeness (QED) is 0.429. The molecule has 0 saturated carbocycles. The normalized spacial score (nSPS) is 9.80. The molecule has 0 saturated heterocycles. The summed E-state index contributed by atoms with van der Waals surface area (Å²) in [5.41, 5.74) is 6.96. The molecule has 0 spiro atoms. The highest BCUT2D eigenvalue weighted by molar-refractivity contribution is 7.28. The zero-order valence-corrected chi connectivity index (χ0v) is 6.91. The van der Waals surface area contributed by atoms with Crippen LogP contribution in [0, 0.1) is 6.92 Å². The van der Waals surface area contributed by atoms with Crippen molar-refractivity contribution in [3.05, 3.63) is 17.7 Å². The van der Waals surface area contributed by atoms with Gasteiger partial charge in [-0.05, 0) is 23.9 Å². The molecule has 0 bridgehead atoms. The molecule has 0 amide bonds. The molecule has 0 aliphatic heterocycles. The second-order valence-corrected chi connectivity index (χ2v) is 2.89. The molecule has 1 unspecified atom stereocenters. The van der Waals surface area contributed by atoms with Gasteiger partial charge in [0, 0.05) is 11.8 Å². The molecule has 1 aromatic rings. The van der Waals surface area contributed by atoms with Crippen molar-refractivity contribution in [1.82, 2.24) is 0 Å². The summed E-state index contributed by atoms with van der Waals surface area (Å²) in [7, 11) is 2.51. The topological polar surface area (TPSA) is 46.2 Å². The van der Waals surface area contributed by atoms with E-state index in [9.17, 15) is 0 Å². The lowest BCUT2D eigenvalue weighted by atomic mass is 10.2. The number of benzene rings is 1. The van der Waals surface area contributed by atoms with E-state index in [2.05, 4.69) is 9.24 Å². The molecule has 1 rings (SSSR count). The fourth-order valence-corrected chi connectivity index (χ4v) is 1.07. The van der Waals surface area contributed by atoms with Gasteiger partial charge in [0.2, 0.25) is 0 Å². The van der Waals surface area contributed by atoms with Gasteiger partial charge in [-0.15, -0.1) is 9.24 Å². The van der Waals surface area contributed by atoms with Gasteiger partial charge in [0.25, 0.3) is 0 Å². The van der Waals surface area contributed by atoms with Crippen molar-refractivity contribution in [2.45, 2.75) is 6.92 Å². The monoisotopic (exact) mass is 155 g/mol. The molecule has 0 aliphatic carbocycles. The minimum Gasteiger partial charge on any atom is -0.508 e. The first kappa shape index (κ1) is 7.36. The van der Waals surface area contributed by atoms with Crippen LogP contribution in [0.5, 0.6) is 5.75 Å². The van der Waals surface area contributed by atoms with Crippen molar-refractivity contribution >= 4 is 20.2 Å². The molecule has 3 heteroatoms. The van der Waals surface area contributed by atoms with Crippen molar-refractivity contribution in [2.75, 3.05) is 5.73 Å². The Kier molecular flexibility index (Phi) is 1.82. The zero-order valence-electron chi connectivity index (χ0n) is 5.76. The molecule has 0 radical (unpaired) electrons. The molecule has 1 aromatic carbocycles. The predicted octanol–water partition coefficient (Wildman–Crippen LogP) is 0.783. The lowest BCUT2D eigenvalue weighted by Crippen LogP contribution is -2.01. The van der Waals surface area contributed by atoms with E-state index in [1.165, 1.54) is 0 Å². The van der Waals surface area contributed by atoms with Crippen LogP contribution in [0.15, 0.2) is 12.1 Å². The molecule has 10 heavy (non-hydrogen) atoms. The summed E-state index contributed by atoms with van der Waals surface area (Å²) >= 11 is 0. The van der Waals surface area contributed by atoms with E-state index in [1.807, 2.05) is 13.0 Å². The maximum Gasteiger partial charge on any atom is 0.120 e. The first-order valence-corrected chi connectivity index (χ1v) is 3.53. The minimum absolute atomic E-state index is 0.253. The van der Waals surface area contributed by atoms with Gasteiger partial charge in [0.05, 0.1) is 0 Å². The molecule has 3 N–H and O–H groups in total. The number of anilines is 1. The van der Waals surface area contributed by atoms with Crippen LogP contribution in [0.25, 0.3) is 0 Å². The molecule has 2 nitrogen and oxygen atoms in total. The van der Waals surface area contributed by atoms with Gasteiger partial charge in [0.1, 0.15) is 5.75 Å². The minimum atomic E-state index is 0.253. The highest BCUT2D eigenvalue weighted by atomic mass is 31.0. The summed E-state index contributed by atoms with van der Waals surface area (Å²) in [5, 5.41) is 10.1. The number of nitrogens with two attached hydrogens (primary N) is 1. The smallest absolute Gasteiger partial charge is 0.120 e. The number of phenols is 1. The lowest BCUT2D eigenvalue weighted by molar-refractivity contribution is 0.471. The fourth-order valence-electron chi connectivity index (χ4n) is 0.735. The van der Waals surface area contributed by atoms with E-state index < -0.39 is 0 Å². The number of nitrogen functional groups attached to an aromatic ring is 1. The van der Waals surface area contributed by atoms with E-state index in [1.54, 1.807) is 6.07 Å². The average molecular weight is 155 g/mol. The Morgan fingerprint density at radius 3 is 2.60 bits per heavy atom. The molecule has 1 atom stereocenters. The largest absolute Gasteiger partial charge is 0.508 e. The predicted molar refractivity (Wildman–Crippen MR) is 46.6 cm³/mol. The van der Waals surface area contributed by atoms with Gasteiger partial charge in [0.15, 0.2) is 0 Å². The molecule has 0 aliphatic rings. The third kappa shape index (κ3) is 1.22. The first-order valence-electron chi connectivity index (χ1n) is 2.96. The van der Waals surface area contributed by atoms with Crippen molar-refractivity contribution in [2.24, 2.45) is 0 Å². The summed E-state index contributed by atoms with van der Waals surface area (Å²) in [6.07, 6.45) is 0. The number of hydrogen-bond acceptors (Lipinski definition) is 2. The van der Waals surface area contributed by atoms with Gasteiger partial charge >= 0.3 is 0 Å². The second-order valence-electron chi connectivity index (χ2n) is 2.27. The van der Waals surface area contributed by atoms with E-state index in [0.29, 0.717) is 5.69 Å². The summed E-state index contributed by atoms with van der Waals surface area (Å²) in [6.45, 7) is 1.84. The van der Waals surface area contributed by atoms with Crippen LogP contribution in [0.4, 0.5) is 5.69 Å². The standard InChI is InChI=1S/C7H10NOP/c1-4-2-7(10)5(8)3-6(4)9/h2-3,9H,8,10H2,1H3. The Morgan fingerprint density at radius 1 is 1.50 bits per heavy atom. The highest BCUT2D eigenvalue weighted by Gasteiger charge is 1.98. The van der Waals surface area contributed by atoms with E-state index >= 15 is 0 Å². The van der Waals surface area contributed by atoms with E-state index in [0.717, 1.165) is 10.9 Å². The summed E-state index contributed by atoms with van der Waals surface area (Å²) in [5.74, 6) is 0.253. The van der Waals surface area contributed by atoms with Gasteiger partial charge in [-0.3, -0.25) is 0 Å². The maximum atomic E-state index is 9.14. The Bertz CT molecular complexity index is 210. The Hall–Kier alpha value is -0.750. The molecule has 54 valence electrons. The van der Waals surface area contributed by atoms with Crippen molar-refractivity contribution < 1.29 is 5.11 Å². The summed E-state index contributed by atoms with van der Waals surface area (Å²) in [6, 6.07) is 3.38. The van der Waals surface area contributed by atoms with E-state index in [4.69, 9.17) is 10.8 Å². The number of rotatable bonds is 0. The van der Waals surface area contributed by atoms with Crippen LogP contribution in [-0.2, 0) is 0 Å². The summed E-state index contributed by atoms with van der Waals surface area (Å²) in [4.78, 5) is 0. The van der Waals surface area contributed by atoms with Crippen molar-refractivity contribution in [1.29, 1.82) is 0 Å². The Labute approximate surface area is 62.3 Å². The first-order chi connectivity index (χ1) is 4.61. The van der Waals surface area contributed by atoms with Crippen LogP contribution in [0.2, 0.25) is 0 Å². The SMILES string of the molecule is Cc1cc(P)c(N)cc1O. The zero-order chi connectivity index (χ0) is 7.72.